The first kappa shape index (κ1) is 21.5. The summed E-state index contributed by atoms with van der Waals surface area (Å²) in [7, 11) is 0. The number of halogens is 4. The predicted molar refractivity (Wildman–Crippen MR) is 124 cm³/mol. The van der Waals surface area contributed by atoms with Crippen molar-refractivity contribution in [1.82, 2.24) is 9.78 Å². The Morgan fingerprint density at radius 2 is 1.73 bits per heavy atom. The summed E-state index contributed by atoms with van der Waals surface area (Å²) < 4.78 is 43.0. The van der Waals surface area contributed by atoms with Crippen LogP contribution in [0.1, 0.15) is 34.6 Å². The molecule has 1 aromatic heterocycles. The molecule has 0 unspecified atom stereocenters. The van der Waals surface area contributed by atoms with Gasteiger partial charge < -0.3 is 10.6 Å². The molecule has 5 nitrogen and oxygen atoms in total. The first-order valence-corrected chi connectivity index (χ1v) is 11.1. The van der Waals surface area contributed by atoms with Crippen molar-refractivity contribution in [3.05, 3.63) is 88.5 Å². The van der Waals surface area contributed by atoms with E-state index >= 15 is 0 Å². The molecule has 0 aliphatic carbocycles. The van der Waals surface area contributed by atoms with E-state index in [1.165, 1.54) is 0 Å². The second-order valence-electron chi connectivity index (χ2n) is 7.84. The molecule has 0 bridgehead atoms. The van der Waals surface area contributed by atoms with Crippen molar-refractivity contribution in [2.45, 2.75) is 24.7 Å². The lowest BCUT2D eigenvalue weighted by atomic mass is 9.97. The lowest BCUT2D eigenvalue weighted by Crippen LogP contribution is -2.35. The third-order valence-corrected chi connectivity index (χ3v) is 6.50. The summed E-state index contributed by atoms with van der Waals surface area (Å²) in [6, 6.07) is 19.5. The normalized spacial score (nSPS) is 17.9. The Hall–Kier alpha value is -3.33. The molecular formula is C24H18BrF3N4O. The van der Waals surface area contributed by atoms with Gasteiger partial charge in [-0.05, 0) is 32.9 Å². The summed E-state index contributed by atoms with van der Waals surface area (Å²) in [6.07, 6.45) is -4.77. The Bertz CT molecular complexity index is 1330. The molecule has 1 aliphatic rings. The van der Waals surface area contributed by atoms with Gasteiger partial charge >= 0.3 is 6.18 Å². The first-order valence-electron chi connectivity index (χ1n) is 10.3. The average molecular weight is 515 g/mol. The van der Waals surface area contributed by atoms with Gasteiger partial charge in [0, 0.05) is 17.5 Å². The van der Waals surface area contributed by atoms with Gasteiger partial charge in [0.25, 0.3) is 5.91 Å². The van der Waals surface area contributed by atoms with Crippen LogP contribution in [0, 0.1) is 0 Å². The van der Waals surface area contributed by atoms with Crippen molar-refractivity contribution in [1.29, 1.82) is 0 Å². The summed E-state index contributed by atoms with van der Waals surface area (Å²) >= 11 is 3.32. The maximum absolute atomic E-state index is 14.0. The molecule has 2 heterocycles. The Morgan fingerprint density at radius 1 is 1.03 bits per heavy atom. The van der Waals surface area contributed by atoms with Gasteiger partial charge in [0.1, 0.15) is 5.82 Å². The Morgan fingerprint density at radius 3 is 2.48 bits per heavy atom. The van der Waals surface area contributed by atoms with Gasteiger partial charge in [0.05, 0.1) is 10.5 Å². The second kappa shape index (κ2) is 8.22. The van der Waals surface area contributed by atoms with E-state index in [-0.39, 0.29) is 22.4 Å². The quantitative estimate of drug-likeness (QED) is 0.319. The van der Waals surface area contributed by atoms with Crippen molar-refractivity contribution < 1.29 is 18.0 Å². The molecule has 0 radical (unpaired) electrons. The van der Waals surface area contributed by atoms with Gasteiger partial charge in [0.2, 0.25) is 0 Å². The molecule has 0 saturated heterocycles. The van der Waals surface area contributed by atoms with E-state index in [0.29, 0.717) is 5.69 Å². The number of fused-ring (bicyclic) bond motifs is 2. The molecule has 0 saturated carbocycles. The number of hydrogen-bond donors (Lipinski definition) is 2. The van der Waals surface area contributed by atoms with Crippen LogP contribution in [0.5, 0.6) is 0 Å². The van der Waals surface area contributed by atoms with E-state index in [9.17, 15) is 18.0 Å². The summed E-state index contributed by atoms with van der Waals surface area (Å²) in [5, 5.41) is 11.8. The summed E-state index contributed by atoms with van der Waals surface area (Å²) in [4.78, 5) is 13.1. The number of alkyl halides is 3. The fourth-order valence-electron chi connectivity index (χ4n) is 4.15. The molecule has 3 aromatic carbocycles. The molecule has 1 amide bonds. The highest BCUT2D eigenvalue weighted by Crippen LogP contribution is 2.46. The Kier molecular flexibility index (Phi) is 5.36. The number of carbonyl (C=O) groups excluding carboxylic acids is 1. The lowest BCUT2D eigenvalue weighted by molar-refractivity contribution is -0.173. The fraction of sp³-hybridized carbons (Fsp3) is 0.167. The lowest BCUT2D eigenvalue weighted by Gasteiger charge is -2.33. The highest BCUT2D eigenvalue weighted by Gasteiger charge is 2.47. The number of nitrogens with one attached hydrogen (secondary N) is 2. The highest BCUT2D eigenvalue weighted by molar-refractivity contribution is 9.10. The number of carbonyl (C=O) groups is 1. The monoisotopic (exact) mass is 514 g/mol. The molecule has 33 heavy (non-hydrogen) atoms. The molecule has 4 aromatic rings. The van der Waals surface area contributed by atoms with Crippen molar-refractivity contribution in [2.75, 3.05) is 10.6 Å². The Labute approximate surface area is 195 Å². The van der Waals surface area contributed by atoms with Crippen LogP contribution >= 0.6 is 15.9 Å². The number of aromatic nitrogens is 2. The van der Waals surface area contributed by atoms with Crippen LogP contribution in [-0.4, -0.2) is 21.9 Å². The maximum Gasteiger partial charge on any atom is 0.410 e. The van der Waals surface area contributed by atoms with Crippen LogP contribution in [0.25, 0.3) is 10.8 Å². The fourth-order valence-corrected chi connectivity index (χ4v) is 4.71. The number of benzene rings is 3. The largest absolute Gasteiger partial charge is 0.410 e. The van der Waals surface area contributed by atoms with E-state index in [4.69, 9.17) is 0 Å². The molecule has 2 atom stereocenters. The topological polar surface area (TPSA) is 59.0 Å². The molecule has 168 valence electrons. The van der Waals surface area contributed by atoms with Crippen LogP contribution in [0.4, 0.5) is 24.7 Å². The van der Waals surface area contributed by atoms with Gasteiger partial charge in [-0.25, -0.2) is 4.68 Å². The third kappa shape index (κ3) is 3.97. The molecule has 9 heteroatoms. The highest BCUT2D eigenvalue weighted by atomic mass is 79.9. The van der Waals surface area contributed by atoms with E-state index < -0.39 is 24.2 Å². The predicted octanol–water partition coefficient (Wildman–Crippen LogP) is 6.71. The van der Waals surface area contributed by atoms with Gasteiger partial charge in [-0.15, -0.1) is 0 Å². The van der Waals surface area contributed by atoms with E-state index in [1.54, 1.807) is 36.4 Å². The number of anilines is 2. The maximum atomic E-state index is 14.0. The van der Waals surface area contributed by atoms with Crippen LogP contribution in [0.2, 0.25) is 0 Å². The molecule has 0 spiro atoms. The van der Waals surface area contributed by atoms with Gasteiger partial charge in [-0.3, -0.25) is 4.79 Å². The standard InChI is InChI=1S/C24H18BrF3N4O/c25-20-21(23(33)30-17-12-6-10-14-7-4-5-11-16(14)17)31-32-19(24(26,27)28)13-18(29-22(20)32)15-8-2-1-3-9-15/h1-12,18-19,29H,13H2,(H,30,33)/t18-,19+/m1/s1. The summed E-state index contributed by atoms with van der Waals surface area (Å²) in [5.41, 5.74) is 1.17. The Balaban J connectivity index is 1.52. The number of hydrogen-bond acceptors (Lipinski definition) is 3. The zero-order chi connectivity index (χ0) is 23.2. The van der Waals surface area contributed by atoms with E-state index in [0.717, 1.165) is 21.0 Å². The van der Waals surface area contributed by atoms with Crippen LogP contribution in [-0.2, 0) is 0 Å². The third-order valence-electron chi connectivity index (χ3n) is 5.75. The first-order chi connectivity index (χ1) is 15.8. The van der Waals surface area contributed by atoms with Gasteiger partial charge in [-0.1, -0.05) is 66.7 Å². The second-order valence-corrected chi connectivity index (χ2v) is 8.63. The minimum absolute atomic E-state index is 0.117. The molecular weight excluding hydrogens is 497 g/mol. The number of amides is 1. The molecule has 5 rings (SSSR count). The van der Waals surface area contributed by atoms with Crippen LogP contribution < -0.4 is 10.6 Å². The molecule has 1 aliphatic heterocycles. The smallest absolute Gasteiger partial charge is 0.362 e. The van der Waals surface area contributed by atoms with E-state index in [1.807, 2.05) is 36.4 Å². The van der Waals surface area contributed by atoms with Crippen LogP contribution in [0.15, 0.2) is 77.3 Å². The minimum atomic E-state index is -4.53. The van der Waals surface area contributed by atoms with Crippen molar-refractivity contribution in [3.8, 4) is 0 Å². The van der Waals surface area contributed by atoms with Crippen molar-refractivity contribution in [3.63, 3.8) is 0 Å². The van der Waals surface area contributed by atoms with Crippen LogP contribution in [0.3, 0.4) is 0 Å². The average Bonchev–Trinajstić information content (AvgIpc) is 3.15. The van der Waals surface area contributed by atoms with Gasteiger partial charge in [0.15, 0.2) is 11.7 Å². The molecule has 2 N–H and O–H groups in total. The van der Waals surface area contributed by atoms with E-state index in [2.05, 4.69) is 31.7 Å². The number of nitrogens with zero attached hydrogens (tertiary/aromatic N) is 2. The zero-order valence-electron chi connectivity index (χ0n) is 17.1. The molecule has 0 fully saturated rings. The zero-order valence-corrected chi connectivity index (χ0v) is 18.7. The van der Waals surface area contributed by atoms with Gasteiger partial charge in [-0.2, -0.15) is 18.3 Å². The summed E-state index contributed by atoms with van der Waals surface area (Å²) in [5.74, 6) is -0.473. The van der Waals surface area contributed by atoms with Crippen molar-refractivity contribution in [2.24, 2.45) is 0 Å². The SMILES string of the molecule is O=C(Nc1cccc2ccccc12)c1nn2c(c1Br)N[C@@H](c1ccccc1)C[C@H]2C(F)(F)F. The number of rotatable bonds is 3. The van der Waals surface area contributed by atoms with Crippen molar-refractivity contribution >= 4 is 44.1 Å². The minimum Gasteiger partial charge on any atom is -0.362 e. The summed E-state index contributed by atoms with van der Waals surface area (Å²) in [6.45, 7) is 0.